The second-order valence-electron chi connectivity index (χ2n) is 10.5. The van der Waals surface area contributed by atoms with Crippen molar-refractivity contribution >= 4 is 17.5 Å². The van der Waals surface area contributed by atoms with Crippen LogP contribution in [0.15, 0.2) is 36.5 Å². The lowest BCUT2D eigenvalue weighted by Gasteiger charge is -2.48. The van der Waals surface area contributed by atoms with E-state index < -0.39 is 46.2 Å². The molecule has 0 radical (unpaired) electrons. The van der Waals surface area contributed by atoms with Crippen molar-refractivity contribution in [2.24, 2.45) is 0 Å². The van der Waals surface area contributed by atoms with Crippen LogP contribution in [0.2, 0.25) is 0 Å². The van der Waals surface area contributed by atoms with Gasteiger partial charge in [0.25, 0.3) is 11.8 Å². The first-order valence-electron chi connectivity index (χ1n) is 12.4. The average molecular weight is 550 g/mol. The molecule has 1 aromatic carbocycles. The van der Waals surface area contributed by atoms with E-state index in [4.69, 9.17) is 4.74 Å². The van der Waals surface area contributed by atoms with Gasteiger partial charge in [-0.2, -0.15) is 18.3 Å². The van der Waals surface area contributed by atoms with Crippen LogP contribution in [0.4, 0.5) is 17.6 Å². The lowest BCUT2D eigenvalue weighted by Crippen LogP contribution is -2.65. The maximum atomic E-state index is 14.0. The fraction of sp³-hybridized carbons (Fsp3) is 0.462. The summed E-state index contributed by atoms with van der Waals surface area (Å²) in [5, 5.41) is 15.0. The van der Waals surface area contributed by atoms with Gasteiger partial charge < -0.3 is 19.6 Å². The Morgan fingerprint density at radius 2 is 1.74 bits per heavy atom. The summed E-state index contributed by atoms with van der Waals surface area (Å²) < 4.78 is 61.4. The number of alkyl halides is 3. The number of amides is 2. The number of rotatable bonds is 3. The molecular weight excluding hydrogens is 522 g/mol. The predicted molar refractivity (Wildman–Crippen MR) is 130 cm³/mol. The fourth-order valence-corrected chi connectivity index (χ4v) is 5.11. The van der Waals surface area contributed by atoms with Crippen molar-refractivity contribution in [3.8, 4) is 11.3 Å². The number of carbonyl (C=O) groups excluding carboxylic acids is 2. The summed E-state index contributed by atoms with van der Waals surface area (Å²) in [6.45, 7) is 4.38. The number of ether oxygens (including phenoxy) is 1. The first kappa shape index (κ1) is 27.0. The third-order valence-corrected chi connectivity index (χ3v) is 7.24. The molecule has 2 aliphatic rings. The highest BCUT2D eigenvalue weighted by Crippen LogP contribution is 2.35. The van der Waals surface area contributed by atoms with E-state index in [-0.39, 0.29) is 62.6 Å². The van der Waals surface area contributed by atoms with Crippen molar-refractivity contribution in [3.63, 3.8) is 0 Å². The summed E-state index contributed by atoms with van der Waals surface area (Å²) in [5.41, 5.74) is -4.09. The quantitative estimate of drug-likeness (QED) is 0.504. The van der Waals surface area contributed by atoms with Crippen molar-refractivity contribution in [1.82, 2.24) is 24.4 Å². The Morgan fingerprint density at radius 1 is 1.08 bits per heavy atom. The molecule has 0 saturated carbocycles. The number of nitrogens with zero attached hydrogens (tertiary/aromatic N) is 5. The molecular formula is C26H27F4N5O4. The van der Waals surface area contributed by atoms with Crippen LogP contribution in [-0.4, -0.2) is 85.3 Å². The standard InChI is InChI=1S/C26H27F4N5O4/c1-24(2)15-33(23(37)25(38)7-11-39-12-8-25)9-10-34(24)22(36)20-14-35-21(31-20)18(26(28,29)30)13-19(32-35)16-3-5-17(27)6-4-16/h3-6,13-14,38H,7-12,15H2,1-2H3. The molecule has 4 heterocycles. The number of halogens is 4. The van der Waals surface area contributed by atoms with E-state index in [9.17, 15) is 32.3 Å². The number of aromatic nitrogens is 3. The van der Waals surface area contributed by atoms with Crippen LogP contribution in [0.1, 0.15) is 42.7 Å². The molecule has 9 nitrogen and oxygen atoms in total. The number of imidazole rings is 1. The molecule has 2 saturated heterocycles. The van der Waals surface area contributed by atoms with Crippen LogP contribution in [-0.2, 0) is 15.7 Å². The molecule has 2 aliphatic heterocycles. The van der Waals surface area contributed by atoms with Crippen molar-refractivity contribution in [3.05, 3.63) is 53.6 Å². The Morgan fingerprint density at radius 3 is 2.36 bits per heavy atom. The predicted octanol–water partition coefficient (Wildman–Crippen LogP) is 3.16. The van der Waals surface area contributed by atoms with E-state index in [1.165, 1.54) is 21.9 Å². The summed E-state index contributed by atoms with van der Waals surface area (Å²) in [7, 11) is 0. The second kappa shape index (κ2) is 9.56. The summed E-state index contributed by atoms with van der Waals surface area (Å²) in [6, 6.07) is 5.67. The van der Waals surface area contributed by atoms with E-state index in [1.54, 1.807) is 13.8 Å². The minimum absolute atomic E-state index is 0.0651. The van der Waals surface area contributed by atoms with Crippen LogP contribution in [0.25, 0.3) is 16.9 Å². The van der Waals surface area contributed by atoms with E-state index >= 15 is 0 Å². The number of hydrogen-bond acceptors (Lipinski definition) is 6. The van der Waals surface area contributed by atoms with Gasteiger partial charge in [-0.1, -0.05) is 0 Å². The Kier molecular flexibility index (Phi) is 6.62. The molecule has 5 rings (SSSR count). The molecule has 2 fully saturated rings. The first-order chi connectivity index (χ1) is 18.3. The van der Waals surface area contributed by atoms with Crippen LogP contribution < -0.4 is 0 Å². The van der Waals surface area contributed by atoms with E-state index in [1.807, 2.05) is 0 Å². The maximum absolute atomic E-state index is 14.0. The van der Waals surface area contributed by atoms with Gasteiger partial charge in [-0.3, -0.25) is 9.59 Å². The lowest BCUT2D eigenvalue weighted by atomic mass is 9.90. The highest BCUT2D eigenvalue weighted by atomic mass is 19.4. The molecule has 13 heteroatoms. The van der Waals surface area contributed by atoms with Gasteiger partial charge in [0.05, 0.1) is 17.4 Å². The molecule has 2 aromatic heterocycles. The summed E-state index contributed by atoms with van der Waals surface area (Å²) >= 11 is 0. The topological polar surface area (TPSA) is 100 Å². The zero-order valence-corrected chi connectivity index (χ0v) is 21.3. The van der Waals surface area contributed by atoms with Crippen molar-refractivity contribution in [2.75, 3.05) is 32.8 Å². The van der Waals surface area contributed by atoms with E-state index in [2.05, 4.69) is 10.1 Å². The van der Waals surface area contributed by atoms with Gasteiger partial charge in [-0.25, -0.2) is 13.9 Å². The number of carbonyl (C=O) groups is 2. The lowest BCUT2D eigenvalue weighted by molar-refractivity contribution is -0.164. The summed E-state index contributed by atoms with van der Waals surface area (Å²) in [6.07, 6.45) is -3.29. The maximum Gasteiger partial charge on any atom is 0.420 e. The summed E-state index contributed by atoms with van der Waals surface area (Å²) in [5.74, 6) is -1.58. The summed E-state index contributed by atoms with van der Waals surface area (Å²) in [4.78, 5) is 33.6. The van der Waals surface area contributed by atoms with Crippen molar-refractivity contribution in [1.29, 1.82) is 0 Å². The van der Waals surface area contributed by atoms with E-state index in [0.717, 1.165) is 28.9 Å². The second-order valence-corrected chi connectivity index (χ2v) is 10.5. The Bertz CT molecular complexity index is 1410. The molecule has 0 atom stereocenters. The monoisotopic (exact) mass is 549 g/mol. The Balaban J connectivity index is 1.43. The van der Waals surface area contributed by atoms with Crippen molar-refractivity contribution in [2.45, 2.75) is 44.0 Å². The number of piperazine rings is 1. The highest BCUT2D eigenvalue weighted by Gasteiger charge is 2.46. The third-order valence-electron chi connectivity index (χ3n) is 7.24. The molecule has 208 valence electrons. The van der Waals surface area contributed by atoms with Crippen LogP contribution >= 0.6 is 0 Å². The molecule has 3 aromatic rings. The zero-order valence-electron chi connectivity index (χ0n) is 21.3. The molecule has 0 aliphatic carbocycles. The Labute approximate surface area is 221 Å². The smallest absolute Gasteiger partial charge is 0.381 e. The van der Waals surface area contributed by atoms with Crippen LogP contribution in [0, 0.1) is 5.82 Å². The highest BCUT2D eigenvalue weighted by molar-refractivity contribution is 5.94. The molecule has 0 bridgehead atoms. The van der Waals surface area contributed by atoms with Crippen LogP contribution in [0.3, 0.4) is 0 Å². The number of hydrogen-bond donors (Lipinski definition) is 1. The molecule has 39 heavy (non-hydrogen) atoms. The van der Waals surface area contributed by atoms with Gasteiger partial charge in [-0.05, 0) is 44.2 Å². The van der Waals surface area contributed by atoms with Gasteiger partial charge in [0.1, 0.15) is 22.7 Å². The average Bonchev–Trinajstić information content (AvgIpc) is 3.31. The fourth-order valence-electron chi connectivity index (χ4n) is 5.11. The van der Waals surface area contributed by atoms with E-state index in [0.29, 0.717) is 0 Å². The largest absolute Gasteiger partial charge is 0.420 e. The number of fused-ring (bicyclic) bond motifs is 1. The number of benzene rings is 1. The first-order valence-corrected chi connectivity index (χ1v) is 12.4. The van der Waals surface area contributed by atoms with Gasteiger partial charge in [0.2, 0.25) is 0 Å². The molecule has 0 unspecified atom stereocenters. The minimum atomic E-state index is -4.79. The SMILES string of the molecule is CC1(C)CN(C(=O)C2(O)CCOCC2)CCN1C(=O)c1cn2nc(-c3ccc(F)cc3)cc(C(F)(F)F)c2n1. The minimum Gasteiger partial charge on any atom is -0.381 e. The van der Waals surface area contributed by atoms with Gasteiger partial charge in [-0.15, -0.1) is 0 Å². The molecule has 0 spiro atoms. The molecule has 1 N–H and O–H groups in total. The zero-order chi connectivity index (χ0) is 28.2. The van der Waals surface area contributed by atoms with Gasteiger partial charge in [0.15, 0.2) is 5.65 Å². The third kappa shape index (κ3) is 5.08. The Hall–Kier alpha value is -3.58. The van der Waals surface area contributed by atoms with Crippen LogP contribution in [0.5, 0.6) is 0 Å². The van der Waals surface area contributed by atoms with Crippen molar-refractivity contribution < 1.29 is 37.0 Å². The normalized spacial score (nSPS) is 19.4. The number of aliphatic hydroxyl groups is 1. The van der Waals surface area contributed by atoms with Gasteiger partial charge in [0, 0.05) is 51.3 Å². The van der Waals surface area contributed by atoms with Gasteiger partial charge >= 0.3 is 6.18 Å². The molecule has 2 amide bonds.